The molecule has 0 heterocycles. The van der Waals surface area contributed by atoms with Crippen LogP contribution in [0.2, 0.25) is 0 Å². The van der Waals surface area contributed by atoms with E-state index in [1.165, 1.54) is 0 Å². The highest BCUT2D eigenvalue weighted by molar-refractivity contribution is 4.71. The Bertz CT molecular complexity index is 125. The van der Waals surface area contributed by atoms with E-state index < -0.39 is 0 Å². The highest BCUT2D eigenvalue weighted by atomic mass is 16.5. The van der Waals surface area contributed by atoms with Gasteiger partial charge in [0, 0.05) is 0 Å². The smallest absolute Gasteiger partial charge is 0.0598 e. The standard InChI is InChI=1S/C11H24O.C2H6/c1-9(10(2,3)4)8-12-11(5,6)7;1-2/h9H,8H2,1-7H3;1-2H3. The van der Waals surface area contributed by atoms with Gasteiger partial charge in [-0.2, -0.15) is 0 Å². The Labute approximate surface area is 91.2 Å². The fraction of sp³-hybridized carbons (Fsp3) is 1.00. The number of hydrogen-bond donors (Lipinski definition) is 0. The summed E-state index contributed by atoms with van der Waals surface area (Å²) in [5, 5.41) is 0. The molecule has 1 atom stereocenters. The van der Waals surface area contributed by atoms with Crippen LogP contribution in [0.3, 0.4) is 0 Å². The molecule has 0 aromatic rings. The first kappa shape index (κ1) is 16.4. The molecule has 14 heavy (non-hydrogen) atoms. The summed E-state index contributed by atoms with van der Waals surface area (Å²) in [5.74, 6) is 0.608. The predicted octanol–water partition coefficient (Wildman–Crippen LogP) is 4.51. The molecule has 0 aliphatic carbocycles. The van der Waals surface area contributed by atoms with E-state index in [1.807, 2.05) is 13.8 Å². The molecule has 0 aromatic heterocycles. The lowest BCUT2D eigenvalue weighted by molar-refractivity contribution is -0.0371. The van der Waals surface area contributed by atoms with Crippen LogP contribution in [0.5, 0.6) is 0 Å². The highest BCUT2D eigenvalue weighted by Gasteiger charge is 2.22. The third kappa shape index (κ3) is 10.0. The number of ether oxygens (including phenoxy) is 1. The van der Waals surface area contributed by atoms with Crippen LogP contribution in [0.4, 0.5) is 0 Å². The van der Waals surface area contributed by atoms with Gasteiger partial charge < -0.3 is 4.74 Å². The van der Waals surface area contributed by atoms with Gasteiger partial charge in [-0.25, -0.2) is 0 Å². The normalized spacial score (nSPS) is 14.4. The van der Waals surface area contributed by atoms with Crippen LogP contribution in [0.25, 0.3) is 0 Å². The molecule has 0 spiro atoms. The van der Waals surface area contributed by atoms with Crippen molar-refractivity contribution in [2.75, 3.05) is 6.61 Å². The third-order valence-corrected chi connectivity index (χ3v) is 2.24. The number of rotatable bonds is 2. The summed E-state index contributed by atoms with van der Waals surface area (Å²) in [7, 11) is 0. The molecule has 0 saturated carbocycles. The van der Waals surface area contributed by atoms with E-state index in [0.29, 0.717) is 11.3 Å². The van der Waals surface area contributed by atoms with E-state index >= 15 is 0 Å². The summed E-state index contributed by atoms with van der Waals surface area (Å²) in [4.78, 5) is 0. The second-order valence-corrected chi connectivity index (χ2v) is 5.69. The molecule has 0 aliphatic heterocycles. The second kappa shape index (κ2) is 6.44. The Morgan fingerprint density at radius 3 is 1.50 bits per heavy atom. The average Bonchev–Trinajstić information content (AvgIpc) is 2.01. The Kier molecular flexibility index (Phi) is 7.55. The Balaban J connectivity index is 0. The molecule has 88 valence electrons. The van der Waals surface area contributed by atoms with E-state index in [-0.39, 0.29) is 5.60 Å². The quantitative estimate of drug-likeness (QED) is 0.640. The van der Waals surface area contributed by atoms with E-state index in [9.17, 15) is 0 Å². The van der Waals surface area contributed by atoms with Crippen molar-refractivity contribution in [3.05, 3.63) is 0 Å². The summed E-state index contributed by atoms with van der Waals surface area (Å²) in [6.45, 7) is 20.2. The largest absolute Gasteiger partial charge is 0.376 e. The van der Waals surface area contributed by atoms with Gasteiger partial charge in [-0.15, -0.1) is 0 Å². The van der Waals surface area contributed by atoms with Gasteiger partial charge in [0.15, 0.2) is 0 Å². The Morgan fingerprint density at radius 2 is 1.29 bits per heavy atom. The van der Waals surface area contributed by atoms with Crippen molar-refractivity contribution in [1.82, 2.24) is 0 Å². The zero-order valence-corrected chi connectivity index (χ0v) is 11.7. The van der Waals surface area contributed by atoms with Crippen molar-refractivity contribution in [3.8, 4) is 0 Å². The minimum Gasteiger partial charge on any atom is -0.376 e. The monoisotopic (exact) mass is 202 g/mol. The maximum absolute atomic E-state index is 5.72. The van der Waals surface area contributed by atoms with Crippen molar-refractivity contribution in [1.29, 1.82) is 0 Å². The molecule has 0 saturated heterocycles. The molecule has 1 nitrogen and oxygen atoms in total. The fourth-order valence-corrected chi connectivity index (χ4v) is 0.625. The summed E-state index contributed by atoms with van der Waals surface area (Å²) < 4.78 is 5.72. The van der Waals surface area contributed by atoms with Crippen molar-refractivity contribution in [3.63, 3.8) is 0 Å². The van der Waals surface area contributed by atoms with Gasteiger partial charge in [0.25, 0.3) is 0 Å². The minimum absolute atomic E-state index is 0.000486. The van der Waals surface area contributed by atoms with Crippen molar-refractivity contribution >= 4 is 0 Å². The summed E-state index contributed by atoms with van der Waals surface area (Å²) in [5.41, 5.74) is 0.352. The van der Waals surface area contributed by atoms with Gasteiger partial charge in [-0.3, -0.25) is 0 Å². The van der Waals surface area contributed by atoms with E-state index in [4.69, 9.17) is 4.74 Å². The fourth-order valence-electron chi connectivity index (χ4n) is 0.625. The molecule has 0 amide bonds. The lowest BCUT2D eigenvalue weighted by Gasteiger charge is -2.30. The summed E-state index contributed by atoms with van der Waals surface area (Å²) in [6, 6.07) is 0. The minimum atomic E-state index is -0.000486. The predicted molar refractivity (Wildman–Crippen MR) is 65.7 cm³/mol. The molecule has 0 bridgehead atoms. The molecule has 0 N–H and O–H groups in total. The Morgan fingerprint density at radius 1 is 0.929 bits per heavy atom. The van der Waals surface area contributed by atoms with Crippen LogP contribution < -0.4 is 0 Å². The maximum Gasteiger partial charge on any atom is 0.0598 e. The summed E-state index contributed by atoms with van der Waals surface area (Å²) in [6.07, 6.45) is 0. The third-order valence-electron chi connectivity index (χ3n) is 2.24. The van der Waals surface area contributed by atoms with Gasteiger partial charge in [0.2, 0.25) is 0 Å². The molecule has 0 radical (unpaired) electrons. The molecule has 1 heteroatoms. The molecule has 0 fully saturated rings. The SMILES string of the molecule is CC.CC(COC(C)(C)C)C(C)(C)C. The molecule has 0 aromatic carbocycles. The van der Waals surface area contributed by atoms with Crippen LogP contribution in [0, 0.1) is 11.3 Å². The van der Waals surface area contributed by atoms with Gasteiger partial charge in [0.1, 0.15) is 0 Å². The summed E-state index contributed by atoms with van der Waals surface area (Å²) >= 11 is 0. The van der Waals surface area contributed by atoms with Gasteiger partial charge in [-0.05, 0) is 32.1 Å². The molecule has 0 aliphatic rings. The molecule has 0 rings (SSSR count). The first-order chi connectivity index (χ1) is 6.13. The van der Waals surface area contributed by atoms with Crippen LogP contribution in [0.1, 0.15) is 62.3 Å². The first-order valence-corrected chi connectivity index (χ1v) is 5.77. The zero-order valence-electron chi connectivity index (χ0n) is 11.7. The van der Waals surface area contributed by atoms with Crippen molar-refractivity contribution < 1.29 is 4.74 Å². The van der Waals surface area contributed by atoms with Crippen LogP contribution >= 0.6 is 0 Å². The van der Waals surface area contributed by atoms with E-state index in [1.54, 1.807) is 0 Å². The topological polar surface area (TPSA) is 9.23 Å². The van der Waals surface area contributed by atoms with Gasteiger partial charge in [-0.1, -0.05) is 41.5 Å². The van der Waals surface area contributed by atoms with Crippen LogP contribution in [-0.4, -0.2) is 12.2 Å². The highest BCUT2D eigenvalue weighted by Crippen LogP contribution is 2.26. The molecule has 1 unspecified atom stereocenters. The van der Waals surface area contributed by atoms with E-state index in [0.717, 1.165) is 6.61 Å². The average molecular weight is 202 g/mol. The Hall–Kier alpha value is -0.0400. The lowest BCUT2D eigenvalue weighted by Crippen LogP contribution is -2.28. The van der Waals surface area contributed by atoms with Crippen molar-refractivity contribution in [2.24, 2.45) is 11.3 Å². The van der Waals surface area contributed by atoms with Gasteiger partial charge >= 0.3 is 0 Å². The number of hydrogen-bond acceptors (Lipinski definition) is 1. The molecular formula is C13H30O. The van der Waals surface area contributed by atoms with Gasteiger partial charge in [0.05, 0.1) is 12.2 Å². The zero-order chi connectivity index (χ0) is 12.0. The van der Waals surface area contributed by atoms with Crippen LogP contribution in [-0.2, 0) is 4.74 Å². The second-order valence-electron chi connectivity index (χ2n) is 5.69. The lowest BCUT2D eigenvalue weighted by atomic mass is 9.83. The molecular weight excluding hydrogens is 172 g/mol. The maximum atomic E-state index is 5.72. The van der Waals surface area contributed by atoms with E-state index in [2.05, 4.69) is 48.5 Å². The van der Waals surface area contributed by atoms with Crippen LogP contribution in [0.15, 0.2) is 0 Å². The first-order valence-electron chi connectivity index (χ1n) is 5.77. The van der Waals surface area contributed by atoms with Crippen molar-refractivity contribution in [2.45, 2.75) is 67.9 Å².